The Kier molecular flexibility index (Phi) is 5.84. The van der Waals surface area contributed by atoms with E-state index in [9.17, 15) is 9.18 Å². The molecular weight excluding hydrogens is 378 g/mol. The number of carbonyl (C=O) groups is 1. The highest BCUT2D eigenvalue weighted by Gasteiger charge is 2.21. The highest BCUT2D eigenvalue weighted by molar-refractivity contribution is 6.33. The topological polar surface area (TPSA) is 48.5 Å². The van der Waals surface area contributed by atoms with Crippen LogP contribution in [0.5, 0.6) is 0 Å². The van der Waals surface area contributed by atoms with Crippen LogP contribution in [0.15, 0.2) is 30.6 Å². The molecule has 1 N–H and O–H groups in total. The summed E-state index contributed by atoms with van der Waals surface area (Å²) in [5, 5.41) is 3.36. The SMILES string of the molecule is Cc1cncc(Cl)c1N1CCCN(C(=O)Nc2ccc(F)c(Cl)c2)CC1. The lowest BCUT2D eigenvalue weighted by Crippen LogP contribution is -2.38. The number of halogens is 3. The molecule has 1 aliphatic rings. The molecule has 26 heavy (non-hydrogen) atoms. The molecule has 2 amide bonds. The largest absolute Gasteiger partial charge is 0.368 e. The van der Waals surface area contributed by atoms with E-state index in [2.05, 4.69) is 15.2 Å². The first kappa shape index (κ1) is 18.7. The van der Waals surface area contributed by atoms with Gasteiger partial charge in [0.25, 0.3) is 0 Å². The zero-order valence-corrected chi connectivity index (χ0v) is 15.8. The number of nitrogens with one attached hydrogen (secondary N) is 1. The maximum atomic E-state index is 13.2. The third-order valence-corrected chi connectivity index (χ3v) is 4.89. The van der Waals surface area contributed by atoms with E-state index in [0.717, 1.165) is 24.2 Å². The summed E-state index contributed by atoms with van der Waals surface area (Å²) in [7, 11) is 0. The lowest BCUT2D eigenvalue weighted by atomic mass is 10.2. The summed E-state index contributed by atoms with van der Waals surface area (Å²) in [6.07, 6.45) is 4.24. The van der Waals surface area contributed by atoms with Gasteiger partial charge in [-0.3, -0.25) is 4.98 Å². The molecule has 0 atom stereocenters. The average Bonchev–Trinajstić information content (AvgIpc) is 2.84. The number of anilines is 2. The first-order valence-electron chi connectivity index (χ1n) is 8.31. The van der Waals surface area contributed by atoms with Gasteiger partial charge in [0.15, 0.2) is 0 Å². The lowest BCUT2D eigenvalue weighted by molar-refractivity contribution is 0.215. The molecule has 138 valence electrons. The smallest absolute Gasteiger partial charge is 0.321 e. The van der Waals surface area contributed by atoms with Gasteiger partial charge in [0, 0.05) is 44.3 Å². The zero-order chi connectivity index (χ0) is 18.7. The number of hydrogen-bond donors (Lipinski definition) is 1. The maximum absolute atomic E-state index is 13.2. The third kappa shape index (κ3) is 4.19. The summed E-state index contributed by atoms with van der Waals surface area (Å²) in [4.78, 5) is 20.5. The van der Waals surface area contributed by atoms with Crippen molar-refractivity contribution >= 4 is 40.6 Å². The quantitative estimate of drug-likeness (QED) is 0.807. The van der Waals surface area contributed by atoms with Crippen molar-refractivity contribution in [2.24, 2.45) is 0 Å². The van der Waals surface area contributed by atoms with Crippen LogP contribution < -0.4 is 10.2 Å². The molecule has 0 unspecified atom stereocenters. The van der Waals surface area contributed by atoms with Crippen molar-refractivity contribution in [3.05, 3.63) is 52.0 Å². The highest BCUT2D eigenvalue weighted by Crippen LogP contribution is 2.29. The molecular formula is C18H19Cl2FN4O. The number of nitrogens with zero attached hydrogens (tertiary/aromatic N) is 3. The van der Waals surface area contributed by atoms with Crippen LogP contribution in [0.3, 0.4) is 0 Å². The number of amides is 2. The third-order valence-electron chi connectivity index (χ3n) is 4.33. The summed E-state index contributed by atoms with van der Waals surface area (Å²) in [5.74, 6) is -0.514. The normalized spacial score (nSPS) is 14.9. The van der Waals surface area contributed by atoms with Gasteiger partial charge in [0.1, 0.15) is 5.82 Å². The van der Waals surface area contributed by atoms with Crippen LogP contribution in [0.1, 0.15) is 12.0 Å². The predicted octanol–water partition coefficient (Wildman–Crippen LogP) is 4.58. The van der Waals surface area contributed by atoms with E-state index >= 15 is 0 Å². The van der Waals surface area contributed by atoms with Gasteiger partial charge in [-0.2, -0.15) is 0 Å². The summed E-state index contributed by atoms with van der Waals surface area (Å²) < 4.78 is 13.2. The molecule has 2 heterocycles. The number of urea groups is 1. The van der Waals surface area contributed by atoms with E-state index in [1.165, 1.54) is 18.2 Å². The van der Waals surface area contributed by atoms with Crippen LogP contribution in [0, 0.1) is 12.7 Å². The Balaban J connectivity index is 1.66. The number of pyridine rings is 1. The Labute approximate surface area is 161 Å². The molecule has 2 aromatic rings. The fourth-order valence-corrected chi connectivity index (χ4v) is 3.55. The fraction of sp³-hybridized carbons (Fsp3) is 0.333. The van der Waals surface area contributed by atoms with Crippen LogP contribution >= 0.6 is 23.2 Å². The Morgan fingerprint density at radius 1 is 1.15 bits per heavy atom. The molecule has 1 aliphatic heterocycles. The van der Waals surface area contributed by atoms with Crippen molar-refractivity contribution in [2.45, 2.75) is 13.3 Å². The molecule has 8 heteroatoms. The second-order valence-corrected chi connectivity index (χ2v) is 6.99. The number of aromatic nitrogens is 1. The number of aryl methyl sites for hydroxylation is 1. The Hall–Kier alpha value is -2.05. The number of carbonyl (C=O) groups excluding carboxylic acids is 1. The fourth-order valence-electron chi connectivity index (χ4n) is 3.05. The van der Waals surface area contributed by atoms with Crippen molar-refractivity contribution in [3.8, 4) is 0 Å². The summed E-state index contributed by atoms with van der Waals surface area (Å²) in [6, 6.07) is 3.89. The highest BCUT2D eigenvalue weighted by atomic mass is 35.5. The monoisotopic (exact) mass is 396 g/mol. The lowest BCUT2D eigenvalue weighted by Gasteiger charge is -2.26. The summed E-state index contributed by atoms with van der Waals surface area (Å²) >= 11 is 12.1. The van der Waals surface area contributed by atoms with E-state index in [1.54, 1.807) is 17.3 Å². The van der Waals surface area contributed by atoms with Gasteiger partial charge in [-0.1, -0.05) is 23.2 Å². The number of rotatable bonds is 2. The molecule has 1 aromatic heterocycles. The standard InChI is InChI=1S/C18H19Cl2FN4O/c1-12-10-22-11-15(20)17(12)24-5-2-6-25(8-7-24)18(26)23-13-3-4-16(21)14(19)9-13/h3-4,9-11H,2,5-8H2,1H3,(H,23,26). The second kappa shape index (κ2) is 8.10. The molecule has 0 bridgehead atoms. The van der Waals surface area contributed by atoms with Crippen LogP contribution in [0.4, 0.5) is 20.6 Å². The van der Waals surface area contributed by atoms with Crippen LogP contribution in [-0.2, 0) is 0 Å². The zero-order valence-electron chi connectivity index (χ0n) is 14.3. The Morgan fingerprint density at radius 3 is 2.69 bits per heavy atom. The molecule has 0 radical (unpaired) electrons. The van der Waals surface area contributed by atoms with E-state index in [1.807, 2.05) is 6.92 Å². The minimum absolute atomic E-state index is 0.0207. The Bertz CT molecular complexity index is 798. The van der Waals surface area contributed by atoms with Crippen LogP contribution in [0.2, 0.25) is 10.0 Å². The van der Waals surface area contributed by atoms with Crippen molar-refractivity contribution in [3.63, 3.8) is 0 Å². The molecule has 0 saturated carbocycles. The second-order valence-electron chi connectivity index (χ2n) is 6.17. The van der Waals surface area contributed by atoms with Gasteiger partial charge in [0.2, 0.25) is 0 Å². The van der Waals surface area contributed by atoms with Crippen molar-refractivity contribution in [1.29, 1.82) is 0 Å². The number of benzene rings is 1. The van der Waals surface area contributed by atoms with Crippen molar-refractivity contribution in [1.82, 2.24) is 9.88 Å². The minimum atomic E-state index is -0.514. The van der Waals surface area contributed by atoms with Gasteiger partial charge in [-0.05, 0) is 37.1 Å². The van der Waals surface area contributed by atoms with Gasteiger partial charge < -0.3 is 15.1 Å². The minimum Gasteiger partial charge on any atom is -0.368 e. The first-order chi connectivity index (χ1) is 12.5. The first-order valence-corrected chi connectivity index (χ1v) is 9.07. The van der Waals surface area contributed by atoms with E-state index in [4.69, 9.17) is 23.2 Å². The average molecular weight is 397 g/mol. The molecule has 0 spiro atoms. The molecule has 3 rings (SSSR count). The Morgan fingerprint density at radius 2 is 1.96 bits per heavy atom. The van der Waals surface area contributed by atoms with E-state index in [-0.39, 0.29) is 11.1 Å². The summed E-state index contributed by atoms with van der Waals surface area (Å²) in [6.45, 7) is 4.62. The summed E-state index contributed by atoms with van der Waals surface area (Å²) in [5.41, 5.74) is 2.45. The molecule has 5 nitrogen and oxygen atoms in total. The molecule has 1 fully saturated rings. The van der Waals surface area contributed by atoms with Gasteiger partial charge in [-0.15, -0.1) is 0 Å². The van der Waals surface area contributed by atoms with Crippen molar-refractivity contribution in [2.75, 3.05) is 36.4 Å². The van der Waals surface area contributed by atoms with E-state index < -0.39 is 5.82 Å². The van der Waals surface area contributed by atoms with Crippen LogP contribution in [-0.4, -0.2) is 42.1 Å². The van der Waals surface area contributed by atoms with Gasteiger partial charge in [-0.25, -0.2) is 9.18 Å². The number of hydrogen-bond acceptors (Lipinski definition) is 3. The van der Waals surface area contributed by atoms with Gasteiger partial charge >= 0.3 is 6.03 Å². The van der Waals surface area contributed by atoms with E-state index in [0.29, 0.717) is 30.3 Å². The van der Waals surface area contributed by atoms with Gasteiger partial charge in [0.05, 0.1) is 15.7 Å². The van der Waals surface area contributed by atoms with Crippen LogP contribution in [0.25, 0.3) is 0 Å². The predicted molar refractivity (Wildman–Crippen MR) is 103 cm³/mol. The molecule has 1 saturated heterocycles. The maximum Gasteiger partial charge on any atom is 0.321 e. The molecule has 1 aromatic carbocycles. The molecule has 0 aliphatic carbocycles. The van der Waals surface area contributed by atoms with Crippen molar-refractivity contribution < 1.29 is 9.18 Å².